The minimum Gasteiger partial charge on any atom is -0.338 e. The lowest BCUT2D eigenvalue weighted by molar-refractivity contribution is 0.380. The van der Waals surface area contributed by atoms with Crippen LogP contribution in [0.15, 0.2) is 33.3 Å². The van der Waals surface area contributed by atoms with Gasteiger partial charge in [0.05, 0.1) is 10.1 Å². The maximum atomic E-state index is 5.41. The van der Waals surface area contributed by atoms with Gasteiger partial charge in [-0.3, -0.25) is 4.40 Å². The molecule has 7 nitrogen and oxygen atoms in total. The Morgan fingerprint density at radius 2 is 2.12 bits per heavy atom. The highest BCUT2D eigenvalue weighted by Crippen LogP contribution is 2.34. The second-order valence-electron chi connectivity index (χ2n) is 5.31. The van der Waals surface area contributed by atoms with E-state index in [1.165, 1.54) is 11.8 Å². The summed E-state index contributed by atoms with van der Waals surface area (Å²) in [6, 6.07) is 5.85. The van der Waals surface area contributed by atoms with Gasteiger partial charge in [-0.1, -0.05) is 23.0 Å². The van der Waals surface area contributed by atoms with Gasteiger partial charge in [-0.25, -0.2) is 4.98 Å². The molecule has 0 amide bonds. The molecule has 0 saturated carbocycles. The van der Waals surface area contributed by atoms with E-state index in [1.54, 1.807) is 11.3 Å². The van der Waals surface area contributed by atoms with Crippen LogP contribution >= 0.6 is 23.1 Å². The van der Waals surface area contributed by atoms with E-state index < -0.39 is 0 Å². The summed E-state index contributed by atoms with van der Waals surface area (Å²) in [7, 11) is 0. The van der Waals surface area contributed by atoms with Gasteiger partial charge in [0.25, 0.3) is 0 Å². The molecule has 0 bridgehead atoms. The van der Waals surface area contributed by atoms with E-state index in [0.29, 0.717) is 11.7 Å². The maximum absolute atomic E-state index is 5.41. The molecule has 0 saturated heterocycles. The van der Waals surface area contributed by atoms with E-state index in [9.17, 15) is 0 Å². The van der Waals surface area contributed by atoms with E-state index in [0.717, 1.165) is 27.2 Å². The smallest absolute Gasteiger partial charge is 0.240 e. The van der Waals surface area contributed by atoms with Crippen LogP contribution in [0.1, 0.15) is 29.6 Å². The first kappa shape index (κ1) is 15.3. The fraction of sp³-hybridized carbons (Fsp3) is 0.267. The third kappa shape index (κ3) is 2.69. The Morgan fingerprint density at radius 1 is 1.25 bits per heavy atom. The highest BCUT2D eigenvalue weighted by molar-refractivity contribution is 7.99. The van der Waals surface area contributed by atoms with Gasteiger partial charge >= 0.3 is 0 Å². The van der Waals surface area contributed by atoms with E-state index >= 15 is 0 Å². The van der Waals surface area contributed by atoms with E-state index in [2.05, 4.69) is 25.3 Å². The van der Waals surface area contributed by atoms with Crippen molar-refractivity contribution < 1.29 is 4.52 Å². The van der Waals surface area contributed by atoms with Crippen molar-refractivity contribution >= 4 is 28.7 Å². The quantitative estimate of drug-likeness (QED) is 0.514. The van der Waals surface area contributed by atoms with Gasteiger partial charge in [0.15, 0.2) is 10.8 Å². The number of aryl methyl sites for hydroxylation is 2. The Bertz CT molecular complexity index is 991. The average molecular weight is 358 g/mol. The fourth-order valence-electron chi connectivity index (χ4n) is 2.39. The maximum Gasteiger partial charge on any atom is 0.240 e. The fourth-order valence-corrected chi connectivity index (χ4v) is 3.98. The highest BCUT2D eigenvalue weighted by Gasteiger charge is 2.20. The molecule has 4 heterocycles. The molecule has 1 atom stereocenters. The minimum absolute atomic E-state index is 0.0423. The summed E-state index contributed by atoms with van der Waals surface area (Å²) < 4.78 is 7.35. The largest absolute Gasteiger partial charge is 0.338 e. The van der Waals surface area contributed by atoms with Crippen LogP contribution in [0.25, 0.3) is 16.3 Å². The predicted octanol–water partition coefficient (Wildman–Crippen LogP) is 3.71. The van der Waals surface area contributed by atoms with Crippen molar-refractivity contribution in [2.45, 2.75) is 31.2 Å². The van der Waals surface area contributed by atoms with Crippen molar-refractivity contribution in [3.63, 3.8) is 0 Å². The number of rotatable bonds is 4. The highest BCUT2D eigenvalue weighted by atomic mass is 32.2. The second kappa shape index (κ2) is 5.99. The predicted molar refractivity (Wildman–Crippen MR) is 92.1 cm³/mol. The topological polar surface area (TPSA) is 82.0 Å². The zero-order valence-electron chi connectivity index (χ0n) is 13.3. The molecule has 0 fully saturated rings. The Kier molecular flexibility index (Phi) is 3.81. The van der Waals surface area contributed by atoms with Crippen LogP contribution in [0.4, 0.5) is 0 Å². The van der Waals surface area contributed by atoms with Crippen molar-refractivity contribution in [1.29, 1.82) is 0 Å². The first-order chi connectivity index (χ1) is 11.6. The molecule has 4 aromatic heterocycles. The molecule has 0 N–H and O–H groups in total. The lowest BCUT2D eigenvalue weighted by Gasteiger charge is -2.06. The Hall–Kier alpha value is -2.26. The van der Waals surface area contributed by atoms with Gasteiger partial charge in [0.2, 0.25) is 11.7 Å². The Morgan fingerprint density at radius 3 is 2.92 bits per heavy atom. The van der Waals surface area contributed by atoms with Crippen molar-refractivity contribution in [2.75, 3.05) is 0 Å². The van der Waals surface area contributed by atoms with Crippen molar-refractivity contribution in [3.8, 4) is 10.7 Å². The van der Waals surface area contributed by atoms with Gasteiger partial charge in [0, 0.05) is 11.8 Å². The van der Waals surface area contributed by atoms with Crippen LogP contribution in [-0.2, 0) is 0 Å². The second-order valence-corrected chi connectivity index (χ2v) is 7.57. The monoisotopic (exact) mass is 358 g/mol. The molecule has 4 aromatic rings. The van der Waals surface area contributed by atoms with E-state index in [1.807, 2.05) is 48.8 Å². The molecule has 24 heavy (non-hydrogen) atoms. The first-order valence-corrected chi connectivity index (χ1v) is 9.11. The number of thiophene rings is 1. The molecule has 0 radical (unpaired) electrons. The van der Waals surface area contributed by atoms with Crippen molar-refractivity contribution in [2.24, 2.45) is 0 Å². The summed E-state index contributed by atoms with van der Waals surface area (Å²) in [5.41, 5.74) is 1.72. The number of thioether (sulfide) groups is 1. The average Bonchev–Trinajstić information content (AvgIpc) is 3.27. The molecule has 0 aliphatic heterocycles. The molecule has 0 aliphatic carbocycles. The van der Waals surface area contributed by atoms with Gasteiger partial charge in [-0.05, 0) is 32.2 Å². The zero-order valence-corrected chi connectivity index (χ0v) is 14.9. The summed E-state index contributed by atoms with van der Waals surface area (Å²) in [5, 5.41) is 15.3. The third-order valence-electron chi connectivity index (χ3n) is 3.47. The van der Waals surface area contributed by atoms with Crippen molar-refractivity contribution in [1.82, 2.24) is 29.7 Å². The number of fused-ring (bicyclic) bond motifs is 1. The normalized spacial score (nSPS) is 12.8. The zero-order chi connectivity index (χ0) is 16.7. The van der Waals surface area contributed by atoms with Gasteiger partial charge in [0.1, 0.15) is 5.82 Å². The molecule has 0 spiro atoms. The molecular weight excluding hydrogens is 344 g/mol. The van der Waals surface area contributed by atoms with E-state index in [-0.39, 0.29) is 5.25 Å². The molecule has 4 rings (SSSR count). The van der Waals surface area contributed by atoms with Crippen LogP contribution in [-0.4, -0.2) is 29.7 Å². The molecular formula is C15H14N6OS2. The summed E-state index contributed by atoms with van der Waals surface area (Å²) in [6.07, 6.45) is 0. The summed E-state index contributed by atoms with van der Waals surface area (Å²) in [5.74, 6) is 2.04. The van der Waals surface area contributed by atoms with Gasteiger partial charge in [-0.15, -0.1) is 21.5 Å². The molecule has 1 unspecified atom stereocenters. The third-order valence-corrected chi connectivity index (χ3v) is 5.37. The lowest BCUT2D eigenvalue weighted by atomic mass is 10.4. The summed E-state index contributed by atoms with van der Waals surface area (Å²) >= 11 is 3.10. The lowest BCUT2D eigenvalue weighted by Crippen LogP contribution is -2.00. The van der Waals surface area contributed by atoms with Crippen LogP contribution in [0.2, 0.25) is 0 Å². The molecule has 0 aromatic carbocycles. The van der Waals surface area contributed by atoms with Gasteiger partial charge in [-0.2, -0.15) is 4.98 Å². The molecule has 9 heteroatoms. The summed E-state index contributed by atoms with van der Waals surface area (Å²) in [6.45, 7) is 5.90. The summed E-state index contributed by atoms with van der Waals surface area (Å²) in [4.78, 5) is 9.95. The first-order valence-electron chi connectivity index (χ1n) is 7.35. The van der Waals surface area contributed by atoms with Crippen molar-refractivity contribution in [3.05, 3.63) is 41.0 Å². The number of aromatic nitrogens is 6. The molecule has 0 aliphatic rings. The van der Waals surface area contributed by atoms with Crippen LogP contribution in [0, 0.1) is 13.8 Å². The van der Waals surface area contributed by atoms with Gasteiger partial charge < -0.3 is 4.52 Å². The number of hydrogen-bond acceptors (Lipinski definition) is 8. The number of nitrogens with zero attached hydrogens (tertiary/aromatic N) is 6. The molecule has 122 valence electrons. The Balaban J connectivity index is 1.62. The van der Waals surface area contributed by atoms with E-state index in [4.69, 9.17) is 4.52 Å². The Labute approximate surface area is 146 Å². The number of hydrogen-bond donors (Lipinski definition) is 0. The van der Waals surface area contributed by atoms with Crippen LogP contribution in [0.5, 0.6) is 0 Å². The van der Waals surface area contributed by atoms with Crippen LogP contribution in [0.3, 0.4) is 0 Å². The minimum atomic E-state index is -0.0423. The SMILES string of the molecule is Cc1cc2nnc(SC(C)c3nc(-c4cccs4)no3)n2c(C)n1. The van der Waals surface area contributed by atoms with Crippen LogP contribution < -0.4 is 0 Å². The standard InChI is InChI=1S/C15H14N6OS2/c1-8-7-12-18-19-15(21(12)10(3)16-8)24-9(2)14-17-13(20-22-14)11-5-4-6-23-11/h4-7,9H,1-3H3.